The van der Waals surface area contributed by atoms with E-state index in [1.807, 2.05) is 0 Å². The maximum atomic E-state index is 14.5. The molecular formula is C78H94Ac4N2O23. The summed E-state index contributed by atoms with van der Waals surface area (Å²) in [6.07, 6.45) is -15.8. The molecule has 8 aliphatic rings. The summed E-state index contributed by atoms with van der Waals surface area (Å²) in [5.74, 6) is -11.1. The number of carboxylic acid groups (broad SMARTS) is 1. The first kappa shape index (κ1) is 92.0. The Bertz CT molecular complexity index is 4040. The molecule has 4 aromatic rings. The largest absolute Gasteiger partial charge is 0.481 e. The molecule has 4 radical (unpaired) electrons. The van der Waals surface area contributed by atoms with Crippen LogP contribution in [0.1, 0.15) is 152 Å². The van der Waals surface area contributed by atoms with Gasteiger partial charge in [0.1, 0.15) is 41.7 Å². The maximum absolute atomic E-state index is 14.5. The van der Waals surface area contributed by atoms with Gasteiger partial charge in [-0.1, -0.05) is 139 Å². The average Bonchev–Trinajstić information content (AvgIpc) is 0.681. The van der Waals surface area contributed by atoms with Gasteiger partial charge in [0, 0.05) is 236 Å². The molecule has 107 heavy (non-hydrogen) atoms. The van der Waals surface area contributed by atoms with Crippen LogP contribution >= 0.6 is 0 Å². The number of carbonyl (C=O) groups is 8. The van der Waals surface area contributed by atoms with Crippen LogP contribution in [0.2, 0.25) is 0 Å². The number of hydrogen-bond donors (Lipinski definition) is 12. The van der Waals surface area contributed by atoms with Gasteiger partial charge in [-0.2, -0.15) is 0 Å². The quantitative estimate of drug-likeness (QED) is 0.0419. The summed E-state index contributed by atoms with van der Waals surface area (Å²) < 4.78 is 28.9. The Kier molecular flexibility index (Phi) is 30.2. The molecule has 4 saturated carbocycles. The molecule has 2 heterocycles. The van der Waals surface area contributed by atoms with Crippen LogP contribution in [0.3, 0.4) is 0 Å². The second-order valence-electron chi connectivity index (χ2n) is 31.0. The number of aliphatic hydroxyl groups excluding tert-OH is 5. The SMILES string of the molecule is CC1=C2C(O)C(=O)[C@]3(C)C(O)CC4OC[C@@]4(O)C3C(C)C(O)(CC1OC(=O)C(O)C(NC(=O)c1ccccc1)c1ccccc1)C2(C)C.CC1=C2C(O)C(=O)[C@]3(C)C(O)CC4OC[C@@]4(O)C3C(C)C(O)(CC1OC(=O)C(OC(=O)CCC(=O)O)C(NC(=O)c1ccccc1)c1ccccc1)C2(C)C.[Ac].[Ac].[Ac].[Ac]. The van der Waals surface area contributed by atoms with Crippen LogP contribution < -0.4 is 10.6 Å². The van der Waals surface area contributed by atoms with Crippen molar-refractivity contribution in [2.24, 2.45) is 45.3 Å². The van der Waals surface area contributed by atoms with Crippen molar-refractivity contribution in [1.82, 2.24) is 10.6 Å². The van der Waals surface area contributed by atoms with Gasteiger partial charge < -0.3 is 85.4 Å². The molecule has 6 fully saturated rings. The molecular weight excluding hydrogens is 2240 g/mol. The third-order valence-electron chi connectivity index (χ3n) is 25.1. The summed E-state index contributed by atoms with van der Waals surface area (Å²) >= 11 is 0. The van der Waals surface area contributed by atoms with Crippen LogP contribution in [0.4, 0.5) is 0 Å². The van der Waals surface area contributed by atoms with Gasteiger partial charge in [0.2, 0.25) is 6.10 Å². The summed E-state index contributed by atoms with van der Waals surface area (Å²) in [6.45, 7) is 16.0. The van der Waals surface area contributed by atoms with Crippen LogP contribution in [-0.2, 0) is 52.5 Å². The first-order valence-electron chi connectivity index (χ1n) is 35.0. The molecule has 2 aliphatic heterocycles. The number of benzene rings is 4. The maximum Gasteiger partial charge on any atom is 0.350 e. The first-order valence-corrected chi connectivity index (χ1v) is 35.0. The van der Waals surface area contributed by atoms with Gasteiger partial charge in [0.15, 0.2) is 17.7 Å². The van der Waals surface area contributed by atoms with Crippen molar-refractivity contribution < 1.29 is 289 Å². The number of fused-ring (bicyclic) bond motifs is 10. The number of amides is 2. The molecule has 4 bridgehead atoms. The standard InChI is InChI=1S/C41H49NO13.C37H45NO10.4Ac/c1-21-25(19-41(52)22(2)34-39(5,26(43)18-27-40(34,51)20-53-27)35(48)32(47)30(21)38(41,3)4)54-37(50)33(55-29(46)17-16-28(44)45)31(23-12-8-6-9-13-23)42-36(49)24-14-10-7-11-15-24;1-19-23(48-33(44)29(41)27(21-12-8-6-9-13-21)38-32(43)22-14-10-7-11-15-22)17-37(46)20(2)30-35(5,24(39)16-25-36(30,45)18-47-25)31(42)28(40)26(19)34(37,3)4;;;;/h6-15,22,25-27,31-34,43,47,51-52H,16-20H2,1-5H3,(H,42,49)(H,44,45);6-15,20,23-25,27-30,39-41,45-46H,16-18H2,1-5H3,(H,38,43);;;;/t22?,25?,26?,27?,31?,32?,33?,34?,39-,40+,41?;20?,23?,24?,25?,27?,28?,29?,30?,35-,36+,37?;;;;/m11..../s1. The number of ether oxygens (including phenoxy) is 5. The number of ketones is 2. The molecule has 25 nitrogen and oxygen atoms in total. The first-order chi connectivity index (χ1) is 48.3. The van der Waals surface area contributed by atoms with Crippen molar-refractivity contribution in [2.45, 2.75) is 203 Å². The molecule has 12 rings (SSSR count). The number of Topliss-reactive ketones (excluding diaryl/α,β-unsaturated/α-hetero) is 2. The van der Waals surface area contributed by atoms with E-state index in [1.165, 1.54) is 13.8 Å². The molecule has 18 unspecified atom stereocenters. The zero-order valence-corrected chi connectivity index (χ0v) is 80.5. The Morgan fingerprint density at radius 1 is 0.523 bits per heavy atom. The minimum Gasteiger partial charge on any atom is -0.481 e. The zero-order valence-electron chi connectivity index (χ0n) is 61.5. The minimum absolute atomic E-state index is 0. The van der Waals surface area contributed by atoms with Gasteiger partial charge in [0.25, 0.3) is 11.8 Å². The molecule has 566 valence electrons. The second kappa shape index (κ2) is 35.1. The predicted molar refractivity (Wildman–Crippen MR) is 365 cm³/mol. The molecule has 12 N–H and O–H groups in total. The number of hydrogen-bond acceptors (Lipinski definition) is 22. The number of aliphatic hydroxyl groups is 9. The fourth-order valence-corrected chi connectivity index (χ4v) is 19.1. The summed E-state index contributed by atoms with van der Waals surface area (Å²) in [7, 11) is 0. The fourth-order valence-electron chi connectivity index (χ4n) is 19.1. The normalized spacial score (nSPS) is 35.0. The van der Waals surface area contributed by atoms with Crippen molar-refractivity contribution in [3.63, 3.8) is 0 Å². The van der Waals surface area contributed by atoms with E-state index < -0.39 is 201 Å². The van der Waals surface area contributed by atoms with E-state index in [0.717, 1.165) is 0 Å². The zero-order chi connectivity index (χ0) is 75.2. The van der Waals surface area contributed by atoms with Crippen LogP contribution in [-0.4, -0.2) is 195 Å². The molecule has 0 spiro atoms. The number of nitrogens with one attached hydrogen (secondary N) is 2. The van der Waals surface area contributed by atoms with Crippen molar-refractivity contribution in [3.05, 3.63) is 166 Å². The number of aliphatic carboxylic acids is 1. The third kappa shape index (κ3) is 16.1. The Hall–Kier alpha value is -2.15. The molecule has 22 atom stereocenters. The summed E-state index contributed by atoms with van der Waals surface area (Å²) in [6, 6.07) is 30.6. The topological polar surface area (TPSA) is 409 Å². The third-order valence-corrected chi connectivity index (χ3v) is 25.1. The molecule has 29 heteroatoms. The predicted octanol–water partition coefficient (Wildman–Crippen LogP) is 4.42. The second-order valence-corrected chi connectivity index (χ2v) is 31.0. The molecule has 4 aromatic carbocycles. The monoisotopic (exact) mass is 2330 g/mol. The Balaban J connectivity index is 0.000000290. The van der Waals surface area contributed by atoms with Crippen LogP contribution in [0.15, 0.2) is 144 Å². The van der Waals surface area contributed by atoms with Crippen LogP contribution in [0.25, 0.3) is 0 Å². The van der Waals surface area contributed by atoms with Gasteiger partial charge in [-0.3, -0.25) is 28.8 Å². The van der Waals surface area contributed by atoms with E-state index in [2.05, 4.69) is 10.6 Å². The van der Waals surface area contributed by atoms with E-state index in [4.69, 9.17) is 23.7 Å². The van der Waals surface area contributed by atoms with E-state index in [9.17, 15) is 89.4 Å². The Labute approximate surface area is 764 Å². The van der Waals surface area contributed by atoms with E-state index in [0.29, 0.717) is 22.3 Å². The van der Waals surface area contributed by atoms with E-state index >= 15 is 0 Å². The number of carboxylic acids is 1. The van der Waals surface area contributed by atoms with Gasteiger partial charge in [0.05, 0.1) is 78.5 Å². The molecule has 6 aliphatic carbocycles. The van der Waals surface area contributed by atoms with Gasteiger partial charge in [-0.15, -0.1) is 0 Å². The van der Waals surface area contributed by atoms with Crippen LogP contribution in [0.5, 0.6) is 0 Å². The van der Waals surface area contributed by atoms with Crippen molar-refractivity contribution in [1.29, 1.82) is 0 Å². The summed E-state index contributed by atoms with van der Waals surface area (Å²) in [5.41, 5.74) is -10.6. The van der Waals surface area contributed by atoms with Crippen molar-refractivity contribution in [2.75, 3.05) is 13.2 Å². The molecule has 2 amide bonds. The van der Waals surface area contributed by atoms with Gasteiger partial charge >= 0.3 is 23.9 Å². The smallest absolute Gasteiger partial charge is 0.350 e. The Morgan fingerprint density at radius 2 is 0.869 bits per heavy atom. The van der Waals surface area contributed by atoms with Gasteiger partial charge in [-0.25, -0.2) is 9.59 Å². The van der Waals surface area contributed by atoms with Crippen molar-refractivity contribution >= 4 is 47.3 Å². The Morgan fingerprint density at radius 3 is 1.22 bits per heavy atom. The van der Waals surface area contributed by atoms with E-state index in [-0.39, 0.29) is 237 Å². The number of carbonyl (C=O) groups excluding carboxylic acids is 7. The minimum atomic E-state index is -1.89. The van der Waals surface area contributed by atoms with Crippen molar-refractivity contribution in [3.8, 4) is 0 Å². The van der Waals surface area contributed by atoms with Gasteiger partial charge in [-0.05, 0) is 97.2 Å². The molecule has 0 aromatic heterocycles. The summed E-state index contributed by atoms with van der Waals surface area (Å²) in [4.78, 5) is 108. The number of rotatable bonds is 16. The molecule has 2 saturated heterocycles. The fraction of sp³-hybridized carbons (Fsp3) is 0.538. The van der Waals surface area contributed by atoms with E-state index in [1.54, 1.807) is 177 Å². The average molecular weight is 2340 g/mol. The summed E-state index contributed by atoms with van der Waals surface area (Å²) in [5, 5.41) is 122. The number of esters is 3. The van der Waals surface area contributed by atoms with Crippen LogP contribution in [0, 0.1) is 222 Å².